The molecule has 1 rings (SSSR count). The molecule has 0 aliphatic carbocycles. The molecule has 0 fully saturated rings. The summed E-state index contributed by atoms with van der Waals surface area (Å²) in [5.41, 5.74) is 0.116. The molecule has 0 aliphatic rings. The molecule has 0 saturated heterocycles. The van der Waals surface area contributed by atoms with Gasteiger partial charge in [-0.1, -0.05) is 0 Å². The molecule has 1 aromatic rings. The first-order valence-electron chi connectivity index (χ1n) is 5.23. The molecule has 0 spiro atoms. The minimum atomic E-state index is -4.27. The molecule has 10 heteroatoms. The van der Waals surface area contributed by atoms with E-state index in [1.807, 2.05) is 19.0 Å². The summed E-state index contributed by atoms with van der Waals surface area (Å²) in [6, 6.07) is 5.07. The van der Waals surface area contributed by atoms with Gasteiger partial charge in [-0.15, -0.1) is 0 Å². The van der Waals surface area contributed by atoms with Crippen molar-refractivity contribution in [3.8, 4) is 0 Å². The van der Waals surface area contributed by atoms with E-state index in [0.29, 0.717) is 0 Å². The summed E-state index contributed by atoms with van der Waals surface area (Å²) in [5.74, 6) is 0. The van der Waals surface area contributed by atoms with E-state index in [1.165, 1.54) is 12.1 Å². The van der Waals surface area contributed by atoms with Gasteiger partial charge >= 0.3 is 151 Å². The third-order valence-electron chi connectivity index (χ3n) is 1.87. The Labute approximate surface area is 151 Å². The molecular weight excluding hydrogens is 383 g/mol. The Hall–Kier alpha value is -1.93. The summed E-state index contributed by atoms with van der Waals surface area (Å²) in [7, 11) is 3.65. The van der Waals surface area contributed by atoms with Crippen LogP contribution < -0.4 is 0 Å². The van der Waals surface area contributed by atoms with Gasteiger partial charge in [0.05, 0.1) is 0 Å². The van der Waals surface area contributed by atoms with Crippen molar-refractivity contribution in [1.82, 2.24) is 4.90 Å². The molecule has 0 aromatic heterocycles. The Balaban J connectivity index is -0.000000114. The topological polar surface area (TPSA) is 103 Å². The van der Waals surface area contributed by atoms with Crippen LogP contribution in [0, 0.1) is 33.3 Å². The van der Waals surface area contributed by atoms with Crippen LogP contribution in [0.3, 0.4) is 0 Å². The van der Waals surface area contributed by atoms with Gasteiger partial charge < -0.3 is 0 Å². The van der Waals surface area contributed by atoms with Gasteiger partial charge in [-0.2, -0.15) is 0 Å². The van der Waals surface area contributed by atoms with E-state index in [1.54, 1.807) is 0 Å². The van der Waals surface area contributed by atoms with E-state index in [4.69, 9.17) is 23.3 Å². The maximum atomic E-state index is 12.3. The van der Waals surface area contributed by atoms with Crippen molar-refractivity contribution in [2.24, 2.45) is 0 Å². The number of rotatable bonds is 2. The second-order valence-electron chi connectivity index (χ2n) is 3.27. The first-order chi connectivity index (χ1) is 11.8. The first kappa shape index (κ1) is 34.4. The van der Waals surface area contributed by atoms with Crippen molar-refractivity contribution >= 4 is 4.50 Å². The molecule has 0 N–H and O–H groups in total. The maximum absolute atomic E-state index is 12.3. The monoisotopic (exact) mass is 393 g/mol. The van der Waals surface area contributed by atoms with Crippen molar-refractivity contribution in [2.75, 3.05) is 14.1 Å². The van der Waals surface area contributed by atoms with Crippen molar-refractivity contribution < 1.29 is 52.3 Å². The summed E-state index contributed by atoms with van der Waals surface area (Å²) >= 11 is 2.81. The predicted octanol–water partition coefficient (Wildman–Crippen LogP) is 2.10. The number of alkyl halides is 3. The summed E-state index contributed by atoms with van der Waals surface area (Å²) < 4.78 is 75.1. The first-order valence-corrected chi connectivity index (χ1v) is 5.87. The molecule has 0 amide bonds. The normalized spacial score (nSPS) is 7.52. The number of hydrogen-bond donors (Lipinski definition) is 0. The molecule has 132 valence electrons. The SMILES string of the molecule is CN(C)[C](=[Cr])c1ccc(C(F)(F)F)cc1.[C-]#[O+].[C-]#[O+].[C-]#[O+].[C-]#[O+].[C-]#[O+]. The van der Waals surface area contributed by atoms with Crippen molar-refractivity contribution in [1.29, 1.82) is 0 Å². The van der Waals surface area contributed by atoms with Crippen molar-refractivity contribution in [2.45, 2.75) is 6.18 Å². The predicted molar refractivity (Wildman–Crippen MR) is 68.9 cm³/mol. The molecular formula is C15H10CrF3NO5. The third kappa shape index (κ3) is 18.3. The van der Waals surface area contributed by atoms with Crippen molar-refractivity contribution in [3.05, 3.63) is 68.6 Å². The average Bonchev–Trinajstić information content (AvgIpc) is 2.68. The molecule has 25 heavy (non-hydrogen) atoms. The average molecular weight is 393 g/mol. The van der Waals surface area contributed by atoms with E-state index >= 15 is 0 Å². The molecule has 0 aliphatic heterocycles. The molecule has 0 radical (unpaired) electrons. The fraction of sp³-hybridized carbons (Fsp3) is 0.200. The number of benzene rings is 1. The third-order valence-corrected chi connectivity index (χ3v) is 2.80. The number of hydrogen-bond acceptors (Lipinski definition) is 1. The van der Waals surface area contributed by atoms with Crippen LogP contribution in [0.4, 0.5) is 13.2 Å². The van der Waals surface area contributed by atoms with Gasteiger partial charge in [-0.25, -0.2) is 0 Å². The van der Waals surface area contributed by atoms with Crippen LogP contribution in [0.25, 0.3) is 0 Å². The summed E-state index contributed by atoms with van der Waals surface area (Å²) in [6.07, 6.45) is -4.27. The molecule has 0 unspecified atom stereocenters. The number of nitrogens with zero attached hydrogens (tertiary/aromatic N) is 1. The van der Waals surface area contributed by atoms with E-state index in [0.717, 1.165) is 22.2 Å². The minimum absolute atomic E-state index is 0.627. The van der Waals surface area contributed by atoms with Crippen LogP contribution in [0.15, 0.2) is 24.3 Å². The van der Waals surface area contributed by atoms with E-state index in [-0.39, 0.29) is 0 Å². The Morgan fingerprint density at radius 1 is 0.800 bits per heavy atom. The fourth-order valence-corrected chi connectivity index (χ4v) is 1.27. The van der Waals surface area contributed by atoms with Gasteiger partial charge in [0.1, 0.15) is 0 Å². The summed E-state index contributed by atoms with van der Waals surface area (Å²) in [4.78, 5) is 1.81. The van der Waals surface area contributed by atoms with E-state index in [2.05, 4.69) is 49.1 Å². The Bertz CT molecular complexity index is 523. The van der Waals surface area contributed by atoms with Crippen molar-refractivity contribution in [3.63, 3.8) is 0 Å². The molecule has 0 atom stereocenters. The zero-order chi connectivity index (χ0) is 21.6. The molecule has 0 saturated carbocycles. The van der Waals surface area contributed by atoms with Gasteiger partial charge in [-0.3, -0.25) is 0 Å². The van der Waals surface area contributed by atoms with Gasteiger partial charge in [0, 0.05) is 0 Å². The van der Waals surface area contributed by atoms with Crippen LogP contribution >= 0.6 is 0 Å². The molecule has 6 nitrogen and oxygen atoms in total. The standard InChI is InChI=1S/C10H10F3N.5CO.Cr/c1-14(2)7-8-3-5-9(6-4-8)10(11,12)13;5*1-2;/h3-6H,1-2H3;;;;;;. The van der Waals surface area contributed by atoms with Crippen LogP contribution in [0.2, 0.25) is 0 Å². The molecule has 0 bridgehead atoms. The van der Waals surface area contributed by atoms with Crippen LogP contribution in [-0.4, -0.2) is 23.5 Å². The Morgan fingerprint density at radius 3 is 1.28 bits per heavy atom. The molecule has 0 heterocycles. The summed E-state index contributed by atoms with van der Waals surface area (Å²) in [5, 5.41) is 0. The quantitative estimate of drug-likeness (QED) is 0.558. The van der Waals surface area contributed by atoms with Crippen LogP contribution in [0.5, 0.6) is 0 Å². The molecule has 1 aromatic carbocycles. The van der Waals surface area contributed by atoms with Gasteiger partial charge in [-0.05, 0) is 0 Å². The zero-order valence-electron chi connectivity index (χ0n) is 12.8. The fourth-order valence-electron chi connectivity index (χ4n) is 1.06. The second kappa shape index (κ2) is 24.3. The Morgan fingerprint density at radius 2 is 1.08 bits per heavy atom. The second-order valence-corrected chi connectivity index (χ2v) is 3.88. The van der Waals surface area contributed by atoms with E-state index in [9.17, 15) is 13.2 Å². The zero-order valence-corrected chi connectivity index (χ0v) is 14.1. The van der Waals surface area contributed by atoms with Gasteiger partial charge in [0.15, 0.2) is 0 Å². The number of halogens is 3. The van der Waals surface area contributed by atoms with Crippen LogP contribution in [-0.2, 0) is 45.3 Å². The van der Waals surface area contributed by atoms with E-state index < -0.39 is 11.7 Å². The Kier molecular flexibility index (Phi) is 33.5. The van der Waals surface area contributed by atoms with Gasteiger partial charge in [0.25, 0.3) is 0 Å². The van der Waals surface area contributed by atoms with Gasteiger partial charge in [0.2, 0.25) is 0 Å². The van der Waals surface area contributed by atoms with Crippen LogP contribution in [0.1, 0.15) is 11.1 Å². The summed E-state index contributed by atoms with van der Waals surface area (Å²) in [6.45, 7) is 22.5.